The molecule has 0 saturated heterocycles. The monoisotopic (exact) mass is 621 g/mol. The number of carbonyl (C=O) groups is 4. The van der Waals surface area contributed by atoms with Crippen molar-refractivity contribution in [3.8, 4) is 17.2 Å². The van der Waals surface area contributed by atoms with E-state index >= 15 is 0 Å². The zero-order valence-electron chi connectivity index (χ0n) is 25.1. The van der Waals surface area contributed by atoms with Gasteiger partial charge in [-0.1, -0.05) is 6.92 Å². The number of hydrogen-bond acceptors (Lipinski definition) is 10. The Hall–Kier alpha value is -4.71. The van der Waals surface area contributed by atoms with Gasteiger partial charge in [-0.2, -0.15) is 5.10 Å². The van der Waals surface area contributed by atoms with Crippen molar-refractivity contribution in [2.24, 2.45) is 11.0 Å². The fraction of sp³-hybridized carbons (Fsp3) is 0.344. The van der Waals surface area contributed by atoms with E-state index in [1.165, 1.54) is 17.6 Å². The lowest BCUT2D eigenvalue weighted by Crippen LogP contribution is -2.32. The standard InChI is InChI=1S/C32H35N3O8S/c1-5-40-22-12-10-21(11-13-22)31(38)43-24-15-9-20(17-25(24)41-6-2)18-33-35-29(37)28(36)34-30-27(32(39)42-7-3)23-14-8-19(4)16-26(23)44-30/h9-13,15,17-19H,5-8,14,16H2,1-4H3,(H,34,36)(H,35,37)/b33-18+. The summed E-state index contributed by atoms with van der Waals surface area (Å²) in [5, 5.41) is 6.74. The number of anilines is 1. The molecule has 12 heteroatoms. The maximum Gasteiger partial charge on any atom is 0.343 e. The Labute approximate surface area is 259 Å². The molecule has 0 radical (unpaired) electrons. The minimum atomic E-state index is -1.01. The van der Waals surface area contributed by atoms with Gasteiger partial charge in [0, 0.05) is 4.88 Å². The minimum Gasteiger partial charge on any atom is -0.494 e. The van der Waals surface area contributed by atoms with Gasteiger partial charge in [0.25, 0.3) is 0 Å². The number of nitrogens with one attached hydrogen (secondary N) is 2. The Morgan fingerprint density at radius 1 is 0.932 bits per heavy atom. The van der Waals surface area contributed by atoms with Crippen molar-refractivity contribution in [1.29, 1.82) is 0 Å². The predicted molar refractivity (Wildman–Crippen MR) is 166 cm³/mol. The van der Waals surface area contributed by atoms with Crippen LogP contribution in [0.5, 0.6) is 17.2 Å². The number of ether oxygens (including phenoxy) is 4. The number of thiophene rings is 1. The fourth-order valence-corrected chi connectivity index (χ4v) is 6.00. The van der Waals surface area contributed by atoms with Crippen LogP contribution in [0.1, 0.15) is 70.8 Å². The lowest BCUT2D eigenvalue weighted by Gasteiger charge is -2.18. The molecule has 44 heavy (non-hydrogen) atoms. The summed E-state index contributed by atoms with van der Waals surface area (Å²) in [6.45, 7) is 8.53. The van der Waals surface area contributed by atoms with Gasteiger partial charge in [-0.05, 0) is 99.5 Å². The Balaban J connectivity index is 1.40. The molecule has 0 spiro atoms. The highest BCUT2D eigenvalue weighted by Crippen LogP contribution is 2.40. The molecule has 3 aromatic rings. The Morgan fingerprint density at radius 3 is 2.39 bits per heavy atom. The summed E-state index contributed by atoms with van der Waals surface area (Å²) in [6, 6.07) is 11.3. The first-order chi connectivity index (χ1) is 21.2. The molecule has 11 nitrogen and oxygen atoms in total. The summed E-state index contributed by atoms with van der Waals surface area (Å²) in [5.41, 5.74) is 4.24. The van der Waals surface area contributed by atoms with E-state index in [1.807, 2.05) is 6.92 Å². The highest BCUT2D eigenvalue weighted by molar-refractivity contribution is 7.17. The molecule has 4 rings (SSSR count). The Morgan fingerprint density at radius 2 is 1.68 bits per heavy atom. The molecule has 0 aliphatic heterocycles. The molecule has 0 saturated carbocycles. The van der Waals surface area contributed by atoms with Gasteiger partial charge in [0.05, 0.1) is 37.2 Å². The molecule has 0 bridgehead atoms. The van der Waals surface area contributed by atoms with E-state index < -0.39 is 23.8 Å². The molecule has 2 aromatic carbocycles. The molecule has 2 N–H and O–H groups in total. The summed E-state index contributed by atoms with van der Waals surface area (Å²) in [5.74, 6) is -1.46. The van der Waals surface area contributed by atoms with E-state index in [4.69, 9.17) is 18.9 Å². The summed E-state index contributed by atoms with van der Waals surface area (Å²) in [7, 11) is 0. The topological polar surface area (TPSA) is 142 Å². The van der Waals surface area contributed by atoms with Crippen molar-refractivity contribution in [2.75, 3.05) is 25.1 Å². The first kappa shape index (κ1) is 32.2. The van der Waals surface area contributed by atoms with Crippen LogP contribution < -0.4 is 25.0 Å². The number of nitrogens with zero attached hydrogens (tertiary/aromatic N) is 1. The van der Waals surface area contributed by atoms with Gasteiger partial charge in [0.1, 0.15) is 10.8 Å². The molecule has 1 heterocycles. The van der Waals surface area contributed by atoms with E-state index in [1.54, 1.807) is 56.3 Å². The molecule has 1 unspecified atom stereocenters. The van der Waals surface area contributed by atoms with E-state index in [0.29, 0.717) is 58.7 Å². The van der Waals surface area contributed by atoms with Gasteiger partial charge < -0.3 is 24.3 Å². The second-order valence-corrected chi connectivity index (χ2v) is 11.0. The maximum absolute atomic E-state index is 12.7. The van der Waals surface area contributed by atoms with Gasteiger partial charge >= 0.3 is 23.8 Å². The molecular formula is C32H35N3O8S. The van der Waals surface area contributed by atoms with Crippen LogP contribution in [0.3, 0.4) is 0 Å². The number of hydrazone groups is 1. The number of fused-ring (bicyclic) bond motifs is 1. The first-order valence-electron chi connectivity index (χ1n) is 14.4. The SMILES string of the molecule is CCOC(=O)c1c(NC(=O)C(=O)N/N=C/c2ccc(OC(=O)c3ccc(OCC)cc3)c(OCC)c2)sc2c1CCC(C)C2. The van der Waals surface area contributed by atoms with Crippen molar-refractivity contribution in [3.63, 3.8) is 0 Å². The smallest absolute Gasteiger partial charge is 0.343 e. The lowest BCUT2D eigenvalue weighted by atomic mass is 9.88. The van der Waals surface area contributed by atoms with E-state index in [2.05, 4.69) is 22.8 Å². The highest BCUT2D eigenvalue weighted by atomic mass is 32.1. The third-order valence-corrected chi connectivity index (χ3v) is 7.85. The largest absolute Gasteiger partial charge is 0.494 e. The number of esters is 2. The molecule has 232 valence electrons. The van der Waals surface area contributed by atoms with Gasteiger partial charge in [-0.3, -0.25) is 9.59 Å². The third-order valence-electron chi connectivity index (χ3n) is 6.68. The zero-order chi connectivity index (χ0) is 31.6. The average molecular weight is 622 g/mol. The van der Waals surface area contributed by atoms with E-state index in [-0.39, 0.29) is 12.4 Å². The molecule has 1 aliphatic rings. The van der Waals surface area contributed by atoms with Crippen LogP contribution in [0.25, 0.3) is 0 Å². The Kier molecular flexibility index (Phi) is 11.1. The maximum atomic E-state index is 12.7. The first-order valence-corrected chi connectivity index (χ1v) is 15.2. The number of hydrogen-bond donors (Lipinski definition) is 2. The predicted octanol–water partition coefficient (Wildman–Crippen LogP) is 5.16. The molecule has 1 atom stereocenters. The van der Waals surface area contributed by atoms with Crippen molar-refractivity contribution < 1.29 is 38.1 Å². The van der Waals surface area contributed by atoms with Gasteiger partial charge in [-0.15, -0.1) is 11.3 Å². The molecular weight excluding hydrogens is 586 g/mol. The zero-order valence-corrected chi connectivity index (χ0v) is 25.9. The third kappa shape index (κ3) is 8.01. The lowest BCUT2D eigenvalue weighted by molar-refractivity contribution is -0.136. The van der Waals surface area contributed by atoms with Crippen molar-refractivity contribution in [2.45, 2.75) is 47.0 Å². The second-order valence-electron chi connectivity index (χ2n) is 9.92. The van der Waals surface area contributed by atoms with Crippen LogP contribution in [0, 0.1) is 5.92 Å². The molecule has 2 amide bonds. The van der Waals surface area contributed by atoms with Crippen LogP contribution in [0.15, 0.2) is 47.6 Å². The molecule has 1 aliphatic carbocycles. The number of carbonyl (C=O) groups excluding carboxylic acids is 4. The summed E-state index contributed by atoms with van der Waals surface area (Å²) in [6.07, 6.45) is 3.75. The van der Waals surface area contributed by atoms with Crippen molar-refractivity contribution in [3.05, 3.63) is 69.6 Å². The van der Waals surface area contributed by atoms with Crippen LogP contribution >= 0.6 is 11.3 Å². The van der Waals surface area contributed by atoms with Crippen molar-refractivity contribution >= 4 is 46.3 Å². The summed E-state index contributed by atoms with van der Waals surface area (Å²) >= 11 is 1.29. The Bertz CT molecular complexity index is 1550. The highest BCUT2D eigenvalue weighted by Gasteiger charge is 2.30. The second kappa shape index (κ2) is 15.1. The molecule has 0 fully saturated rings. The van der Waals surface area contributed by atoms with Crippen LogP contribution in [0.4, 0.5) is 5.00 Å². The van der Waals surface area contributed by atoms with Crippen LogP contribution in [0.2, 0.25) is 0 Å². The molecule has 1 aromatic heterocycles. The quantitative estimate of drug-likeness (QED) is 0.0984. The summed E-state index contributed by atoms with van der Waals surface area (Å²) < 4.78 is 21.8. The van der Waals surface area contributed by atoms with Gasteiger partial charge in [0.2, 0.25) is 0 Å². The normalized spacial score (nSPS) is 14.0. The summed E-state index contributed by atoms with van der Waals surface area (Å²) in [4.78, 5) is 51.6. The van der Waals surface area contributed by atoms with Crippen LogP contribution in [-0.2, 0) is 27.2 Å². The van der Waals surface area contributed by atoms with E-state index in [9.17, 15) is 19.2 Å². The van der Waals surface area contributed by atoms with Gasteiger partial charge in [0.15, 0.2) is 11.5 Å². The van der Waals surface area contributed by atoms with Crippen molar-refractivity contribution in [1.82, 2.24) is 5.43 Å². The van der Waals surface area contributed by atoms with E-state index in [0.717, 1.165) is 23.3 Å². The average Bonchev–Trinajstić information content (AvgIpc) is 3.35. The fourth-order valence-electron chi connectivity index (χ4n) is 4.60. The van der Waals surface area contributed by atoms with Gasteiger partial charge in [-0.25, -0.2) is 15.0 Å². The number of rotatable bonds is 11. The number of amides is 2. The minimum absolute atomic E-state index is 0.194. The van der Waals surface area contributed by atoms with Crippen LogP contribution in [-0.4, -0.2) is 49.8 Å². The number of benzene rings is 2.